The fourth-order valence-electron chi connectivity index (χ4n) is 3.60. The second-order valence-corrected chi connectivity index (χ2v) is 6.02. The maximum absolute atomic E-state index is 12.6. The lowest BCUT2D eigenvalue weighted by Crippen LogP contribution is -2.25. The number of rotatable bonds is 2. The number of ether oxygens (including phenoxy) is 2. The lowest BCUT2D eigenvalue weighted by Gasteiger charge is -1.99. The van der Waals surface area contributed by atoms with Crippen molar-refractivity contribution in [3.05, 3.63) is 71.3 Å². The first-order valence-electron chi connectivity index (χ1n) is 7.30. The fourth-order valence-corrected chi connectivity index (χ4v) is 3.60. The molecule has 0 unspecified atom stereocenters. The summed E-state index contributed by atoms with van der Waals surface area (Å²) < 4.78 is 11.6. The topological polar surface area (TPSA) is 42.1 Å². The van der Waals surface area contributed by atoms with Gasteiger partial charge in [0.2, 0.25) is 0 Å². The summed E-state index contributed by atoms with van der Waals surface area (Å²) in [6.45, 7) is 0. The molecule has 0 saturated carbocycles. The van der Waals surface area contributed by atoms with Crippen molar-refractivity contribution in [1.82, 2.24) is 0 Å². The Morgan fingerprint density at radius 2 is 1.76 bits per heavy atom. The van der Waals surface area contributed by atoms with Crippen molar-refractivity contribution in [2.75, 3.05) is 0 Å². The molecule has 3 aliphatic rings. The molecular weight excluding hydrogens is 264 g/mol. The minimum absolute atomic E-state index is 0.0191. The highest BCUT2D eigenvalue weighted by molar-refractivity contribution is 6.09. The van der Waals surface area contributed by atoms with E-state index in [0.717, 1.165) is 16.7 Å². The lowest BCUT2D eigenvalue weighted by molar-refractivity contribution is 0.0894. The Morgan fingerprint density at radius 3 is 2.57 bits per heavy atom. The second-order valence-electron chi connectivity index (χ2n) is 6.02. The molecule has 0 N–H and O–H groups in total. The van der Waals surface area contributed by atoms with Crippen molar-refractivity contribution in [3.63, 3.8) is 0 Å². The Bertz CT molecular complexity index is 739. The van der Waals surface area contributed by atoms with E-state index in [0.29, 0.717) is 6.42 Å². The van der Waals surface area contributed by atoms with Crippen molar-refractivity contribution in [3.8, 4) is 0 Å². The van der Waals surface area contributed by atoms with Crippen LogP contribution in [0, 0.1) is 0 Å². The van der Waals surface area contributed by atoms with Crippen LogP contribution < -0.4 is 0 Å². The number of Topliss-reactive ketones (excluding diaryl/α,β-unsaturated/α-hetero) is 1. The van der Waals surface area contributed by atoms with Gasteiger partial charge in [-0.05, 0) is 11.1 Å². The van der Waals surface area contributed by atoms with Crippen LogP contribution in [0.5, 0.6) is 0 Å². The first-order valence-corrected chi connectivity index (χ1v) is 7.30. The molecule has 3 heteroatoms. The van der Waals surface area contributed by atoms with Gasteiger partial charge >= 0.3 is 0 Å². The zero-order valence-corrected chi connectivity index (χ0v) is 11.4. The van der Waals surface area contributed by atoms with E-state index in [9.17, 15) is 4.79 Å². The summed E-state index contributed by atoms with van der Waals surface area (Å²) >= 11 is 0. The van der Waals surface area contributed by atoms with Crippen molar-refractivity contribution in [2.24, 2.45) is 0 Å². The molecule has 3 nitrogen and oxygen atoms in total. The molecule has 0 aromatic heterocycles. The van der Waals surface area contributed by atoms with Crippen molar-refractivity contribution < 1.29 is 14.3 Å². The van der Waals surface area contributed by atoms with Gasteiger partial charge in [0, 0.05) is 12.0 Å². The normalized spacial score (nSPS) is 35.8. The van der Waals surface area contributed by atoms with Crippen LogP contribution in [-0.4, -0.2) is 23.6 Å². The molecule has 0 bridgehead atoms. The van der Waals surface area contributed by atoms with Gasteiger partial charge in [-0.15, -0.1) is 0 Å². The van der Waals surface area contributed by atoms with Gasteiger partial charge in [0.25, 0.3) is 0 Å². The van der Waals surface area contributed by atoms with Gasteiger partial charge in [-0.3, -0.25) is 4.79 Å². The molecule has 21 heavy (non-hydrogen) atoms. The van der Waals surface area contributed by atoms with E-state index >= 15 is 0 Å². The molecule has 2 aliphatic heterocycles. The Hall–Kier alpha value is -1.97. The average molecular weight is 278 g/mol. The SMILES string of the molecule is O=C1c2ccccc2C[C@]12O[C@H]2[C@@H]1O[C@H]1c1ccccc1. The fraction of sp³-hybridized carbons (Fsp3) is 0.278. The number of hydrogen-bond acceptors (Lipinski definition) is 3. The third kappa shape index (κ3) is 1.53. The Morgan fingerprint density at radius 1 is 1.00 bits per heavy atom. The second kappa shape index (κ2) is 3.81. The van der Waals surface area contributed by atoms with E-state index in [4.69, 9.17) is 9.47 Å². The molecule has 2 aromatic rings. The molecule has 1 spiro atoms. The smallest absolute Gasteiger partial charge is 0.198 e. The first-order chi connectivity index (χ1) is 10.3. The number of fused-ring (bicyclic) bond motifs is 1. The van der Waals surface area contributed by atoms with E-state index < -0.39 is 5.60 Å². The summed E-state index contributed by atoms with van der Waals surface area (Å²) in [4.78, 5) is 12.6. The minimum Gasteiger partial charge on any atom is -0.362 e. The Kier molecular flexibility index (Phi) is 2.12. The predicted octanol–water partition coefficient (Wildman–Crippen LogP) is 2.70. The third-order valence-electron chi connectivity index (χ3n) is 4.79. The highest BCUT2D eigenvalue weighted by Gasteiger charge is 2.72. The van der Waals surface area contributed by atoms with Crippen LogP contribution in [0.1, 0.15) is 27.6 Å². The molecule has 2 saturated heterocycles. The molecule has 0 radical (unpaired) electrons. The van der Waals surface area contributed by atoms with Crippen molar-refractivity contribution >= 4 is 5.78 Å². The molecule has 4 atom stereocenters. The maximum Gasteiger partial charge on any atom is 0.198 e. The standard InChI is InChI=1S/C18H14O3/c19-16-13-9-5-4-8-12(13)10-18(16)17(21-18)15-14(20-15)11-6-2-1-3-7-11/h1-9,14-15,17H,10H2/t14-,15+,17-,18-/m0/s1. The Balaban J connectivity index is 1.39. The van der Waals surface area contributed by atoms with E-state index in [1.165, 1.54) is 0 Å². The maximum atomic E-state index is 12.6. The van der Waals surface area contributed by atoms with E-state index in [2.05, 4.69) is 12.1 Å². The number of benzene rings is 2. The monoisotopic (exact) mass is 278 g/mol. The highest BCUT2D eigenvalue weighted by atomic mass is 16.7. The minimum atomic E-state index is -0.641. The summed E-state index contributed by atoms with van der Waals surface area (Å²) in [5.74, 6) is 0.130. The van der Waals surface area contributed by atoms with Crippen LogP contribution >= 0.6 is 0 Å². The van der Waals surface area contributed by atoms with Crippen molar-refractivity contribution in [2.45, 2.75) is 30.3 Å². The number of carbonyl (C=O) groups excluding carboxylic acids is 1. The van der Waals surface area contributed by atoms with Gasteiger partial charge in [0.15, 0.2) is 11.4 Å². The molecule has 2 fully saturated rings. The largest absolute Gasteiger partial charge is 0.362 e. The summed E-state index contributed by atoms with van der Waals surface area (Å²) in [5, 5.41) is 0. The molecule has 1 aliphatic carbocycles. The summed E-state index contributed by atoms with van der Waals surface area (Å²) in [6.07, 6.45) is 0.689. The van der Waals surface area contributed by atoms with Gasteiger partial charge in [0.05, 0.1) is 0 Å². The van der Waals surface area contributed by atoms with Crippen LogP contribution in [0.3, 0.4) is 0 Å². The summed E-state index contributed by atoms with van der Waals surface area (Å²) in [6, 6.07) is 17.9. The van der Waals surface area contributed by atoms with E-state index in [-0.39, 0.29) is 24.1 Å². The highest BCUT2D eigenvalue weighted by Crippen LogP contribution is 2.57. The van der Waals surface area contributed by atoms with Gasteiger partial charge in [-0.2, -0.15) is 0 Å². The van der Waals surface area contributed by atoms with Gasteiger partial charge in [0.1, 0.15) is 18.3 Å². The molecule has 2 heterocycles. The summed E-state index contributed by atoms with van der Waals surface area (Å²) in [5.41, 5.74) is 2.44. The van der Waals surface area contributed by atoms with Crippen LogP contribution in [0.2, 0.25) is 0 Å². The average Bonchev–Trinajstić information content (AvgIpc) is 3.40. The summed E-state index contributed by atoms with van der Waals surface area (Å²) in [7, 11) is 0. The molecule has 2 aromatic carbocycles. The zero-order chi connectivity index (χ0) is 14.0. The first kappa shape index (κ1) is 11.7. The van der Waals surface area contributed by atoms with E-state index in [1.807, 2.05) is 42.5 Å². The van der Waals surface area contributed by atoms with Crippen LogP contribution in [0.4, 0.5) is 0 Å². The van der Waals surface area contributed by atoms with Gasteiger partial charge < -0.3 is 9.47 Å². The van der Waals surface area contributed by atoms with Crippen LogP contribution in [-0.2, 0) is 15.9 Å². The number of epoxide rings is 2. The quantitative estimate of drug-likeness (QED) is 0.793. The van der Waals surface area contributed by atoms with E-state index in [1.54, 1.807) is 0 Å². The van der Waals surface area contributed by atoms with Crippen molar-refractivity contribution in [1.29, 1.82) is 0 Å². The molecule has 5 rings (SSSR count). The third-order valence-corrected chi connectivity index (χ3v) is 4.79. The predicted molar refractivity (Wildman–Crippen MR) is 76.1 cm³/mol. The molecular formula is C18H14O3. The van der Waals surface area contributed by atoms with Gasteiger partial charge in [-0.1, -0.05) is 54.6 Å². The van der Waals surface area contributed by atoms with Crippen LogP contribution in [0.25, 0.3) is 0 Å². The molecule has 104 valence electrons. The molecule has 0 amide bonds. The number of hydrogen-bond donors (Lipinski definition) is 0. The number of carbonyl (C=O) groups is 1. The lowest BCUT2D eigenvalue weighted by atomic mass is 9.96. The Labute approximate surface area is 122 Å². The van der Waals surface area contributed by atoms with Gasteiger partial charge in [-0.25, -0.2) is 0 Å². The van der Waals surface area contributed by atoms with Crippen LogP contribution in [0.15, 0.2) is 54.6 Å². The zero-order valence-electron chi connectivity index (χ0n) is 11.4. The number of ketones is 1.